The van der Waals surface area contributed by atoms with Crippen molar-refractivity contribution in [1.82, 2.24) is 15.3 Å². The highest BCUT2D eigenvalue weighted by atomic mass is 16.6. The summed E-state index contributed by atoms with van der Waals surface area (Å²) >= 11 is 0. The lowest BCUT2D eigenvalue weighted by Gasteiger charge is -2.33. The molecule has 132 valence electrons. The fourth-order valence-corrected chi connectivity index (χ4v) is 3.15. The summed E-state index contributed by atoms with van der Waals surface area (Å²) in [5, 5.41) is 2.89. The molecule has 1 aromatic heterocycles. The molecule has 2 fully saturated rings. The first kappa shape index (κ1) is 16.8. The van der Waals surface area contributed by atoms with Crippen molar-refractivity contribution in [2.75, 3.05) is 31.2 Å². The molecule has 0 spiro atoms. The molecule has 2 saturated heterocycles. The van der Waals surface area contributed by atoms with Gasteiger partial charge in [-0.05, 0) is 32.6 Å². The summed E-state index contributed by atoms with van der Waals surface area (Å²) in [7, 11) is 0. The van der Waals surface area contributed by atoms with Gasteiger partial charge in [-0.1, -0.05) is 0 Å². The van der Waals surface area contributed by atoms with Crippen molar-refractivity contribution in [3.8, 4) is 0 Å². The summed E-state index contributed by atoms with van der Waals surface area (Å²) in [6.45, 7) is 4.24. The number of amides is 1. The van der Waals surface area contributed by atoms with Crippen LogP contribution in [-0.2, 0) is 9.47 Å². The number of aromatic amines is 1. The van der Waals surface area contributed by atoms with Gasteiger partial charge in [-0.3, -0.25) is 9.78 Å². The van der Waals surface area contributed by atoms with E-state index in [1.807, 2.05) is 4.90 Å². The zero-order valence-corrected chi connectivity index (χ0v) is 13.9. The number of aryl methyl sites for hydroxylation is 1. The Labute approximate surface area is 140 Å². The number of carbonyl (C=O) groups is 1. The number of hydrogen-bond donors (Lipinski definition) is 2. The molecule has 2 aliphatic rings. The molecule has 2 unspecified atom stereocenters. The number of alkyl carbamates (subject to hydrolysis) is 1. The Morgan fingerprint density at radius 2 is 2.38 bits per heavy atom. The largest absolute Gasteiger partial charge is 0.447 e. The van der Waals surface area contributed by atoms with Crippen LogP contribution in [0.3, 0.4) is 0 Å². The minimum Gasteiger partial charge on any atom is -0.447 e. The Morgan fingerprint density at radius 3 is 3.12 bits per heavy atom. The van der Waals surface area contributed by atoms with Gasteiger partial charge >= 0.3 is 6.09 Å². The van der Waals surface area contributed by atoms with Crippen molar-refractivity contribution >= 4 is 12.0 Å². The molecule has 0 aromatic carbocycles. The Kier molecular flexibility index (Phi) is 5.34. The van der Waals surface area contributed by atoms with Crippen molar-refractivity contribution in [3.05, 3.63) is 22.1 Å². The highest BCUT2D eigenvalue weighted by Crippen LogP contribution is 2.16. The Balaban J connectivity index is 1.51. The van der Waals surface area contributed by atoms with Crippen LogP contribution in [0.5, 0.6) is 0 Å². The SMILES string of the molecule is Cc1cc(=O)[nH]c(N2CCCC(NC(=O)OCC3CCCO3)C2)n1. The van der Waals surface area contributed by atoms with Crippen LogP contribution in [0.15, 0.2) is 10.9 Å². The zero-order valence-electron chi connectivity index (χ0n) is 13.9. The first-order valence-corrected chi connectivity index (χ1v) is 8.48. The van der Waals surface area contributed by atoms with Crippen molar-refractivity contribution in [2.45, 2.75) is 44.8 Å². The van der Waals surface area contributed by atoms with Crippen LogP contribution in [0.1, 0.15) is 31.4 Å². The molecule has 8 nitrogen and oxygen atoms in total. The number of nitrogens with one attached hydrogen (secondary N) is 2. The summed E-state index contributed by atoms with van der Waals surface area (Å²) in [4.78, 5) is 32.7. The predicted molar refractivity (Wildman–Crippen MR) is 88.3 cm³/mol. The van der Waals surface area contributed by atoms with Crippen LogP contribution in [0.2, 0.25) is 0 Å². The third-order valence-electron chi connectivity index (χ3n) is 4.32. The van der Waals surface area contributed by atoms with Crippen LogP contribution in [0.4, 0.5) is 10.7 Å². The molecule has 2 N–H and O–H groups in total. The summed E-state index contributed by atoms with van der Waals surface area (Å²) in [6, 6.07) is 1.44. The first-order valence-electron chi connectivity index (χ1n) is 8.48. The fraction of sp³-hybridized carbons (Fsp3) is 0.688. The quantitative estimate of drug-likeness (QED) is 0.850. The topological polar surface area (TPSA) is 96.6 Å². The number of nitrogens with zero attached hydrogens (tertiary/aromatic N) is 2. The van der Waals surface area contributed by atoms with E-state index in [4.69, 9.17) is 9.47 Å². The molecule has 3 heterocycles. The third kappa shape index (κ3) is 4.47. The molecule has 2 aliphatic heterocycles. The standard InChI is InChI=1S/C16H24N4O4/c1-11-8-14(21)19-15(17-11)20-6-2-4-12(9-20)18-16(22)24-10-13-5-3-7-23-13/h8,12-13H,2-7,9-10H2,1H3,(H,18,22)(H,17,19,21). The normalized spacial score (nSPS) is 24.0. The average Bonchev–Trinajstić information content (AvgIpc) is 3.06. The number of aromatic nitrogens is 2. The first-order chi connectivity index (χ1) is 11.6. The third-order valence-corrected chi connectivity index (χ3v) is 4.32. The van der Waals surface area contributed by atoms with E-state index in [1.54, 1.807) is 6.92 Å². The van der Waals surface area contributed by atoms with Crippen LogP contribution in [-0.4, -0.2) is 54.5 Å². The maximum Gasteiger partial charge on any atom is 0.407 e. The van der Waals surface area contributed by atoms with Crippen molar-refractivity contribution in [1.29, 1.82) is 0 Å². The van der Waals surface area contributed by atoms with Gasteiger partial charge in [0.2, 0.25) is 5.95 Å². The maximum atomic E-state index is 11.9. The lowest BCUT2D eigenvalue weighted by Crippen LogP contribution is -2.49. The molecule has 1 aromatic rings. The Hall–Kier alpha value is -2.09. The number of carbonyl (C=O) groups excluding carboxylic acids is 1. The van der Waals surface area contributed by atoms with E-state index >= 15 is 0 Å². The van der Waals surface area contributed by atoms with Crippen molar-refractivity contribution in [2.24, 2.45) is 0 Å². The second kappa shape index (κ2) is 7.65. The molecular formula is C16H24N4O4. The highest BCUT2D eigenvalue weighted by Gasteiger charge is 2.24. The monoisotopic (exact) mass is 336 g/mol. The van der Waals surface area contributed by atoms with E-state index in [0.717, 1.165) is 38.8 Å². The van der Waals surface area contributed by atoms with Gasteiger partial charge < -0.3 is 19.7 Å². The molecule has 2 atom stereocenters. The van der Waals surface area contributed by atoms with Crippen LogP contribution in [0.25, 0.3) is 0 Å². The molecule has 0 saturated carbocycles. The summed E-state index contributed by atoms with van der Waals surface area (Å²) in [5.74, 6) is 0.555. The number of anilines is 1. The van der Waals surface area contributed by atoms with Crippen molar-refractivity contribution < 1.29 is 14.3 Å². The molecular weight excluding hydrogens is 312 g/mol. The number of piperidine rings is 1. The lowest BCUT2D eigenvalue weighted by atomic mass is 10.1. The number of H-pyrrole nitrogens is 1. The van der Waals surface area contributed by atoms with E-state index < -0.39 is 6.09 Å². The van der Waals surface area contributed by atoms with E-state index in [0.29, 0.717) is 24.8 Å². The highest BCUT2D eigenvalue weighted by molar-refractivity contribution is 5.67. The lowest BCUT2D eigenvalue weighted by molar-refractivity contribution is 0.0427. The predicted octanol–water partition coefficient (Wildman–Crippen LogP) is 0.952. The average molecular weight is 336 g/mol. The van der Waals surface area contributed by atoms with E-state index in [-0.39, 0.29) is 17.7 Å². The number of hydrogen-bond acceptors (Lipinski definition) is 6. The van der Waals surface area contributed by atoms with Gasteiger partial charge in [0, 0.05) is 37.5 Å². The summed E-state index contributed by atoms with van der Waals surface area (Å²) in [5.41, 5.74) is 0.517. The fourth-order valence-electron chi connectivity index (χ4n) is 3.15. The van der Waals surface area contributed by atoms with Crippen molar-refractivity contribution in [3.63, 3.8) is 0 Å². The molecule has 0 aliphatic carbocycles. The van der Waals surface area contributed by atoms with Gasteiger partial charge in [0.15, 0.2) is 0 Å². The minimum absolute atomic E-state index is 0.0263. The Morgan fingerprint density at radius 1 is 1.50 bits per heavy atom. The van der Waals surface area contributed by atoms with E-state index in [2.05, 4.69) is 15.3 Å². The summed E-state index contributed by atoms with van der Waals surface area (Å²) in [6.07, 6.45) is 3.37. The van der Waals surface area contributed by atoms with Gasteiger partial charge in [-0.2, -0.15) is 0 Å². The molecule has 1 amide bonds. The van der Waals surface area contributed by atoms with Crippen LogP contribution in [0, 0.1) is 6.92 Å². The van der Waals surface area contributed by atoms with Crippen LogP contribution < -0.4 is 15.8 Å². The number of ether oxygens (including phenoxy) is 2. The zero-order chi connectivity index (χ0) is 16.9. The van der Waals surface area contributed by atoms with E-state index in [9.17, 15) is 9.59 Å². The Bertz CT molecular complexity index is 627. The molecule has 0 bridgehead atoms. The smallest absolute Gasteiger partial charge is 0.407 e. The number of rotatable bonds is 4. The van der Waals surface area contributed by atoms with Gasteiger partial charge in [0.05, 0.1) is 6.10 Å². The molecule has 0 radical (unpaired) electrons. The van der Waals surface area contributed by atoms with E-state index in [1.165, 1.54) is 6.07 Å². The van der Waals surface area contributed by atoms with Gasteiger partial charge in [0.25, 0.3) is 5.56 Å². The molecule has 24 heavy (non-hydrogen) atoms. The second-order valence-electron chi connectivity index (χ2n) is 6.37. The molecule has 3 rings (SSSR count). The minimum atomic E-state index is -0.414. The van der Waals surface area contributed by atoms with Gasteiger partial charge in [-0.15, -0.1) is 0 Å². The molecule has 8 heteroatoms. The maximum absolute atomic E-state index is 11.9. The van der Waals surface area contributed by atoms with Crippen LogP contribution >= 0.6 is 0 Å². The second-order valence-corrected chi connectivity index (χ2v) is 6.37. The van der Waals surface area contributed by atoms with Gasteiger partial charge in [-0.25, -0.2) is 9.78 Å². The summed E-state index contributed by atoms with van der Waals surface area (Å²) < 4.78 is 10.7. The van der Waals surface area contributed by atoms with Gasteiger partial charge in [0.1, 0.15) is 6.61 Å².